The first-order chi connectivity index (χ1) is 13.8. The number of sulfonamides is 1. The second-order valence-electron chi connectivity index (χ2n) is 6.86. The number of carbonyl (C=O) groups is 1. The van der Waals surface area contributed by atoms with Gasteiger partial charge in [-0.2, -0.15) is 4.31 Å². The maximum atomic E-state index is 13.2. The van der Waals surface area contributed by atoms with E-state index < -0.39 is 15.8 Å². The standard InChI is InChI=1S/C20H23ClFN3O3S/c1-2-29(27,28)25-11-9-24(10-12-25)14-15-3-5-16(6-4-15)20(26)23-17-7-8-19(22)18(21)13-17/h3-8,13H,2,9-12,14H2,1H3,(H,23,26). The minimum Gasteiger partial charge on any atom is -0.322 e. The van der Waals surface area contributed by atoms with Gasteiger partial charge in [-0.15, -0.1) is 0 Å². The summed E-state index contributed by atoms with van der Waals surface area (Å²) in [6.07, 6.45) is 0. The number of anilines is 1. The first kappa shape index (κ1) is 21.7. The molecular weight excluding hydrogens is 417 g/mol. The van der Waals surface area contributed by atoms with Crippen LogP contribution in [0.25, 0.3) is 0 Å². The Hall–Kier alpha value is -2.00. The molecule has 0 spiro atoms. The quantitative estimate of drug-likeness (QED) is 0.750. The molecule has 0 bridgehead atoms. The van der Waals surface area contributed by atoms with Gasteiger partial charge in [-0.1, -0.05) is 23.7 Å². The van der Waals surface area contributed by atoms with Crippen molar-refractivity contribution in [1.82, 2.24) is 9.21 Å². The Kier molecular flexibility index (Phi) is 6.89. The molecule has 1 fully saturated rings. The second kappa shape index (κ2) is 9.21. The monoisotopic (exact) mass is 439 g/mol. The van der Waals surface area contributed by atoms with Gasteiger partial charge in [0.2, 0.25) is 10.0 Å². The van der Waals surface area contributed by atoms with Crippen molar-refractivity contribution in [2.75, 3.05) is 37.2 Å². The van der Waals surface area contributed by atoms with Gasteiger partial charge in [0.15, 0.2) is 0 Å². The Morgan fingerprint density at radius 1 is 1.10 bits per heavy atom. The van der Waals surface area contributed by atoms with Crippen LogP contribution in [0, 0.1) is 5.82 Å². The van der Waals surface area contributed by atoms with E-state index in [0.717, 1.165) is 5.56 Å². The van der Waals surface area contributed by atoms with E-state index in [1.165, 1.54) is 18.2 Å². The zero-order chi connectivity index (χ0) is 21.0. The van der Waals surface area contributed by atoms with Crippen LogP contribution in [0.4, 0.5) is 10.1 Å². The number of hydrogen-bond donors (Lipinski definition) is 1. The highest BCUT2D eigenvalue weighted by Crippen LogP contribution is 2.20. The summed E-state index contributed by atoms with van der Waals surface area (Å²) in [5.74, 6) is -0.722. The predicted octanol–water partition coefficient (Wildman–Crippen LogP) is 3.20. The fraction of sp³-hybridized carbons (Fsp3) is 0.350. The molecule has 0 unspecified atom stereocenters. The van der Waals surface area contributed by atoms with E-state index in [4.69, 9.17) is 11.6 Å². The molecule has 9 heteroatoms. The van der Waals surface area contributed by atoms with Crippen LogP contribution in [0.15, 0.2) is 42.5 Å². The number of halogens is 2. The van der Waals surface area contributed by atoms with E-state index in [-0.39, 0.29) is 16.7 Å². The molecule has 0 saturated carbocycles. The van der Waals surface area contributed by atoms with Crippen LogP contribution in [0.5, 0.6) is 0 Å². The third kappa shape index (κ3) is 5.54. The SMILES string of the molecule is CCS(=O)(=O)N1CCN(Cc2ccc(C(=O)Nc3ccc(F)c(Cl)c3)cc2)CC1. The number of amides is 1. The molecule has 2 aromatic carbocycles. The average Bonchev–Trinajstić information content (AvgIpc) is 2.71. The lowest BCUT2D eigenvalue weighted by Gasteiger charge is -2.33. The highest BCUT2D eigenvalue weighted by atomic mass is 35.5. The molecule has 1 heterocycles. The minimum absolute atomic E-state index is 0.0509. The summed E-state index contributed by atoms with van der Waals surface area (Å²) in [7, 11) is -3.13. The number of rotatable bonds is 6. The smallest absolute Gasteiger partial charge is 0.255 e. The van der Waals surface area contributed by atoms with E-state index in [1.54, 1.807) is 23.4 Å². The number of carbonyl (C=O) groups excluding carboxylic acids is 1. The molecule has 0 aromatic heterocycles. The first-order valence-corrected chi connectivity index (χ1v) is 11.3. The lowest BCUT2D eigenvalue weighted by Crippen LogP contribution is -2.48. The van der Waals surface area contributed by atoms with Gasteiger partial charge in [-0.25, -0.2) is 12.8 Å². The fourth-order valence-electron chi connectivity index (χ4n) is 3.15. The Morgan fingerprint density at radius 3 is 2.34 bits per heavy atom. The van der Waals surface area contributed by atoms with E-state index in [1.807, 2.05) is 12.1 Å². The highest BCUT2D eigenvalue weighted by molar-refractivity contribution is 7.89. The molecule has 156 valence electrons. The van der Waals surface area contributed by atoms with Gasteiger partial charge in [0.1, 0.15) is 5.82 Å². The Bertz CT molecular complexity index is 975. The molecule has 1 N–H and O–H groups in total. The van der Waals surface area contributed by atoms with Crippen LogP contribution >= 0.6 is 11.6 Å². The Morgan fingerprint density at radius 2 is 1.76 bits per heavy atom. The molecule has 0 radical (unpaired) electrons. The first-order valence-electron chi connectivity index (χ1n) is 9.34. The molecule has 1 aliphatic rings. The van der Waals surface area contributed by atoms with Gasteiger partial charge >= 0.3 is 0 Å². The molecule has 1 amide bonds. The number of piperazine rings is 1. The normalized spacial score (nSPS) is 16.0. The van der Waals surface area contributed by atoms with Gasteiger partial charge in [-0.05, 0) is 42.8 Å². The molecule has 6 nitrogen and oxygen atoms in total. The third-order valence-electron chi connectivity index (χ3n) is 4.89. The van der Waals surface area contributed by atoms with Gasteiger partial charge in [-0.3, -0.25) is 9.69 Å². The Labute approximate surface area is 175 Å². The van der Waals surface area contributed by atoms with Gasteiger partial charge in [0.25, 0.3) is 5.91 Å². The maximum absolute atomic E-state index is 13.2. The molecular formula is C20H23ClFN3O3S. The van der Waals surface area contributed by atoms with E-state index in [0.29, 0.717) is 44.0 Å². The second-order valence-corrected chi connectivity index (χ2v) is 9.52. The lowest BCUT2D eigenvalue weighted by molar-refractivity contribution is 0.102. The molecule has 0 aliphatic carbocycles. The van der Waals surface area contributed by atoms with Crippen molar-refractivity contribution < 1.29 is 17.6 Å². The van der Waals surface area contributed by atoms with Crippen molar-refractivity contribution in [3.63, 3.8) is 0 Å². The molecule has 1 saturated heterocycles. The summed E-state index contributed by atoms with van der Waals surface area (Å²) in [5.41, 5.74) is 1.94. The van der Waals surface area contributed by atoms with Crippen LogP contribution in [-0.2, 0) is 16.6 Å². The van der Waals surface area contributed by atoms with Gasteiger partial charge in [0.05, 0.1) is 10.8 Å². The maximum Gasteiger partial charge on any atom is 0.255 e. The van der Waals surface area contributed by atoms with E-state index in [2.05, 4.69) is 10.2 Å². The van der Waals surface area contributed by atoms with Crippen molar-refractivity contribution in [2.45, 2.75) is 13.5 Å². The van der Waals surface area contributed by atoms with Crippen LogP contribution in [0.1, 0.15) is 22.8 Å². The van der Waals surface area contributed by atoms with Gasteiger partial charge in [0, 0.05) is 44.0 Å². The number of hydrogen-bond acceptors (Lipinski definition) is 4. The number of nitrogens with zero attached hydrogens (tertiary/aromatic N) is 2. The fourth-order valence-corrected chi connectivity index (χ4v) is 4.41. The van der Waals surface area contributed by atoms with Crippen LogP contribution in [0.3, 0.4) is 0 Å². The zero-order valence-electron chi connectivity index (χ0n) is 16.1. The Balaban J connectivity index is 1.55. The van der Waals surface area contributed by atoms with Crippen molar-refractivity contribution in [2.24, 2.45) is 0 Å². The average molecular weight is 440 g/mol. The molecule has 29 heavy (non-hydrogen) atoms. The summed E-state index contributed by atoms with van der Waals surface area (Å²) in [6, 6.07) is 11.2. The van der Waals surface area contributed by atoms with Crippen LogP contribution < -0.4 is 5.32 Å². The predicted molar refractivity (Wildman–Crippen MR) is 112 cm³/mol. The van der Waals surface area contributed by atoms with E-state index in [9.17, 15) is 17.6 Å². The summed E-state index contributed by atoms with van der Waals surface area (Å²) in [4.78, 5) is 14.5. The molecule has 2 aromatic rings. The summed E-state index contributed by atoms with van der Waals surface area (Å²) >= 11 is 5.73. The van der Waals surface area contributed by atoms with Crippen LogP contribution in [0.2, 0.25) is 5.02 Å². The molecule has 0 atom stereocenters. The number of benzene rings is 2. The highest BCUT2D eigenvalue weighted by Gasteiger charge is 2.25. The van der Waals surface area contributed by atoms with Crippen molar-refractivity contribution >= 4 is 33.2 Å². The largest absolute Gasteiger partial charge is 0.322 e. The molecule has 3 rings (SSSR count). The van der Waals surface area contributed by atoms with E-state index >= 15 is 0 Å². The minimum atomic E-state index is -3.13. The summed E-state index contributed by atoms with van der Waals surface area (Å²) in [6.45, 7) is 4.69. The number of nitrogens with one attached hydrogen (secondary N) is 1. The van der Waals surface area contributed by atoms with Crippen molar-refractivity contribution in [1.29, 1.82) is 0 Å². The zero-order valence-corrected chi connectivity index (χ0v) is 17.6. The summed E-state index contributed by atoms with van der Waals surface area (Å²) < 4.78 is 38.6. The topological polar surface area (TPSA) is 69.7 Å². The van der Waals surface area contributed by atoms with Crippen molar-refractivity contribution in [3.8, 4) is 0 Å². The third-order valence-corrected chi connectivity index (χ3v) is 7.06. The summed E-state index contributed by atoms with van der Waals surface area (Å²) in [5, 5.41) is 2.64. The lowest BCUT2D eigenvalue weighted by atomic mass is 10.1. The van der Waals surface area contributed by atoms with Crippen molar-refractivity contribution in [3.05, 3.63) is 64.4 Å². The van der Waals surface area contributed by atoms with Gasteiger partial charge < -0.3 is 5.32 Å². The molecule has 1 aliphatic heterocycles. The van der Waals surface area contributed by atoms with Crippen LogP contribution in [-0.4, -0.2) is 55.5 Å².